The lowest BCUT2D eigenvalue weighted by Gasteiger charge is -2.24. The Morgan fingerprint density at radius 3 is 2.70 bits per heavy atom. The van der Waals surface area contributed by atoms with Gasteiger partial charge in [0.1, 0.15) is 10.5 Å². The molecule has 0 aliphatic carbocycles. The molecule has 0 saturated carbocycles. The van der Waals surface area contributed by atoms with E-state index in [-0.39, 0.29) is 12.5 Å². The van der Waals surface area contributed by atoms with Gasteiger partial charge in [0.2, 0.25) is 0 Å². The van der Waals surface area contributed by atoms with E-state index in [1.807, 2.05) is 30.3 Å². The Balaban J connectivity index is 1.99. The number of aliphatic hydroxyl groups is 1. The van der Waals surface area contributed by atoms with Gasteiger partial charge in [0, 0.05) is 7.05 Å². The number of thiazole rings is 1. The van der Waals surface area contributed by atoms with Crippen molar-refractivity contribution >= 4 is 22.4 Å². The van der Waals surface area contributed by atoms with Crippen molar-refractivity contribution in [3.63, 3.8) is 0 Å². The maximum absolute atomic E-state index is 12.0. The molecular formula is C14H17N3O2S. The van der Waals surface area contributed by atoms with Crippen molar-refractivity contribution in [1.82, 2.24) is 10.3 Å². The van der Waals surface area contributed by atoms with Crippen LogP contribution in [-0.2, 0) is 5.60 Å². The van der Waals surface area contributed by atoms with Crippen molar-refractivity contribution in [2.45, 2.75) is 12.5 Å². The number of hydrogen-bond donors (Lipinski definition) is 3. The van der Waals surface area contributed by atoms with Crippen molar-refractivity contribution in [3.05, 3.63) is 47.0 Å². The minimum Gasteiger partial charge on any atom is -0.384 e. The van der Waals surface area contributed by atoms with Crippen LogP contribution in [0.1, 0.15) is 22.2 Å². The minimum atomic E-state index is -1.10. The Morgan fingerprint density at radius 1 is 1.40 bits per heavy atom. The quantitative estimate of drug-likeness (QED) is 0.785. The van der Waals surface area contributed by atoms with Gasteiger partial charge in [-0.15, -0.1) is 0 Å². The van der Waals surface area contributed by atoms with Gasteiger partial charge < -0.3 is 15.7 Å². The number of nitrogens with zero attached hydrogens (tertiary/aromatic N) is 1. The highest BCUT2D eigenvalue weighted by Crippen LogP contribution is 2.20. The van der Waals surface area contributed by atoms with Crippen LogP contribution in [0.5, 0.6) is 0 Å². The molecule has 1 aromatic carbocycles. The Labute approximate surface area is 121 Å². The molecule has 0 bridgehead atoms. The molecule has 0 aliphatic rings. The number of amides is 1. The summed E-state index contributed by atoms with van der Waals surface area (Å²) in [6.45, 7) is 1.82. The second-order valence-electron chi connectivity index (χ2n) is 4.60. The van der Waals surface area contributed by atoms with Crippen molar-refractivity contribution in [2.75, 3.05) is 18.9 Å². The van der Waals surface area contributed by atoms with E-state index in [1.54, 1.807) is 14.0 Å². The van der Waals surface area contributed by atoms with E-state index in [1.165, 1.54) is 17.5 Å². The first-order valence-electron chi connectivity index (χ1n) is 6.22. The number of rotatable bonds is 5. The molecule has 0 aliphatic heterocycles. The van der Waals surface area contributed by atoms with Crippen molar-refractivity contribution < 1.29 is 9.90 Å². The van der Waals surface area contributed by atoms with E-state index < -0.39 is 5.60 Å². The van der Waals surface area contributed by atoms with E-state index in [0.29, 0.717) is 10.0 Å². The average Bonchev–Trinajstić information content (AvgIpc) is 2.95. The van der Waals surface area contributed by atoms with Crippen LogP contribution in [-0.4, -0.2) is 29.6 Å². The fourth-order valence-corrected chi connectivity index (χ4v) is 2.42. The number of hydrogen-bond acceptors (Lipinski definition) is 5. The van der Waals surface area contributed by atoms with Crippen LogP contribution in [0.25, 0.3) is 0 Å². The third-order valence-electron chi connectivity index (χ3n) is 2.93. The third kappa shape index (κ3) is 3.34. The highest BCUT2D eigenvalue weighted by atomic mass is 32.1. The van der Waals surface area contributed by atoms with E-state index >= 15 is 0 Å². The molecule has 6 heteroatoms. The van der Waals surface area contributed by atoms with Gasteiger partial charge in [0.15, 0.2) is 5.13 Å². The Kier molecular flexibility index (Phi) is 4.36. The van der Waals surface area contributed by atoms with E-state index in [9.17, 15) is 9.90 Å². The summed E-state index contributed by atoms with van der Waals surface area (Å²) >= 11 is 1.27. The van der Waals surface area contributed by atoms with Gasteiger partial charge >= 0.3 is 0 Å². The molecule has 1 amide bonds. The summed E-state index contributed by atoms with van der Waals surface area (Å²) in [6.07, 6.45) is 1.52. The number of aromatic nitrogens is 1. The molecule has 1 unspecified atom stereocenters. The summed E-state index contributed by atoms with van der Waals surface area (Å²) in [6, 6.07) is 9.26. The Morgan fingerprint density at radius 2 is 2.10 bits per heavy atom. The molecule has 0 saturated heterocycles. The zero-order chi connectivity index (χ0) is 14.6. The molecule has 2 aromatic rings. The maximum Gasteiger partial charge on any atom is 0.263 e. The monoisotopic (exact) mass is 291 g/mol. The predicted molar refractivity (Wildman–Crippen MR) is 80.0 cm³/mol. The number of nitrogens with one attached hydrogen (secondary N) is 2. The van der Waals surface area contributed by atoms with E-state index in [2.05, 4.69) is 15.6 Å². The number of anilines is 1. The largest absolute Gasteiger partial charge is 0.384 e. The average molecular weight is 291 g/mol. The summed E-state index contributed by atoms with van der Waals surface area (Å²) in [4.78, 5) is 16.5. The highest BCUT2D eigenvalue weighted by molar-refractivity contribution is 7.17. The lowest BCUT2D eigenvalue weighted by molar-refractivity contribution is 0.0527. The molecule has 3 N–H and O–H groups in total. The number of carbonyl (C=O) groups excluding carboxylic acids is 1. The molecule has 0 radical (unpaired) electrons. The fraction of sp³-hybridized carbons (Fsp3) is 0.286. The summed E-state index contributed by atoms with van der Waals surface area (Å²) in [7, 11) is 1.75. The van der Waals surface area contributed by atoms with Crippen LogP contribution in [0.3, 0.4) is 0 Å². The van der Waals surface area contributed by atoms with Crippen molar-refractivity contribution in [2.24, 2.45) is 0 Å². The highest BCUT2D eigenvalue weighted by Gasteiger charge is 2.24. The Bertz CT molecular complexity index is 581. The fourth-order valence-electron chi connectivity index (χ4n) is 1.73. The van der Waals surface area contributed by atoms with Crippen molar-refractivity contribution in [1.29, 1.82) is 0 Å². The van der Waals surface area contributed by atoms with Crippen LogP contribution in [0.2, 0.25) is 0 Å². The maximum atomic E-state index is 12.0. The smallest absolute Gasteiger partial charge is 0.263 e. The van der Waals surface area contributed by atoms with Crippen molar-refractivity contribution in [3.8, 4) is 0 Å². The molecule has 1 atom stereocenters. The number of benzene rings is 1. The predicted octanol–water partition coefficient (Wildman–Crippen LogP) is 1.82. The normalized spacial score (nSPS) is 13.6. The lowest BCUT2D eigenvalue weighted by Crippen LogP contribution is -2.38. The molecular weight excluding hydrogens is 274 g/mol. The summed E-state index contributed by atoms with van der Waals surface area (Å²) in [5, 5.41) is 16.7. The second kappa shape index (κ2) is 6.02. The first-order valence-corrected chi connectivity index (χ1v) is 7.04. The molecule has 5 nitrogen and oxygen atoms in total. The zero-order valence-electron chi connectivity index (χ0n) is 11.4. The third-order valence-corrected chi connectivity index (χ3v) is 3.95. The summed E-state index contributed by atoms with van der Waals surface area (Å²) < 4.78 is 0. The van der Waals surface area contributed by atoms with Gasteiger partial charge in [-0.25, -0.2) is 4.98 Å². The molecule has 20 heavy (non-hydrogen) atoms. The van der Waals surface area contributed by atoms with Gasteiger partial charge in [-0.05, 0) is 12.5 Å². The van der Waals surface area contributed by atoms with Gasteiger partial charge in [0.05, 0.1) is 12.7 Å². The molecule has 0 fully saturated rings. The van der Waals surface area contributed by atoms with Gasteiger partial charge in [0.25, 0.3) is 5.91 Å². The SMILES string of the molecule is CNc1ncc(C(=O)NCC(C)(O)c2ccccc2)s1. The molecule has 1 heterocycles. The first kappa shape index (κ1) is 14.5. The molecule has 1 aromatic heterocycles. The van der Waals surface area contributed by atoms with E-state index in [4.69, 9.17) is 0 Å². The van der Waals surface area contributed by atoms with Crippen LogP contribution >= 0.6 is 11.3 Å². The Hall–Kier alpha value is -1.92. The lowest BCUT2D eigenvalue weighted by atomic mass is 9.96. The van der Waals surface area contributed by atoms with Gasteiger partial charge in [-0.1, -0.05) is 41.7 Å². The van der Waals surface area contributed by atoms with Crippen LogP contribution in [0.4, 0.5) is 5.13 Å². The van der Waals surface area contributed by atoms with Crippen LogP contribution in [0, 0.1) is 0 Å². The second-order valence-corrected chi connectivity index (χ2v) is 5.63. The van der Waals surface area contributed by atoms with Crippen LogP contribution < -0.4 is 10.6 Å². The van der Waals surface area contributed by atoms with E-state index in [0.717, 1.165) is 5.56 Å². The van der Waals surface area contributed by atoms with Crippen LogP contribution in [0.15, 0.2) is 36.5 Å². The van der Waals surface area contributed by atoms with Gasteiger partial charge in [-0.2, -0.15) is 0 Å². The molecule has 106 valence electrons. The molecule has 0 spiro atoms. The summed E-state index contributed by atoms with van der Waals surface area (Å²) in [5.74, 6) is -0.236. The number of carbonyl (C=O) groups is 1. The molecule has 2 rings (SSSR count). The topological polar surface area (TPSA) is 74.2 Å². The standard InChI is InChI=1S/C14H17N3O2S/c1-14(19,10-6-4-3-5-7-10)9-17-12(18)11-8-16-13(15-2)20-11/h3-8,19H,9H2,1-2H3,(H,15,16)(H,17,18). The first-order chi connectivity index (χ1) is 9.53. The minimum absolute atomic E-state index is 0.142. The van der Waals surface area contributed by atoms with Gasteiger partial charge in [-0.3, -0.25) is 4.79 Å². The summed E-state index contributed by atoms with van der Waals surface area (Å²) in [5.41, 5.74) is -0.339. The zero-order valence-corrected chi connectivity index (χ0v) is 12.2.